The Morgan fingerprint density at radius 3 is 3.09 bits per heavy atom. The number of rotatable bonds is 6. The molecule has 1 aliphatic heterocycles. The molecule has 7 heteroatoms. The molecule has 0 aliphatic carbocycles. The zero-order chi connectivity index (χ0) is 16.7. The molecule has 0 saturated carbocycles. The molecule has 1 unspecified atom stereocenters. The summed E-state index contributed by atoms with van der Waals surface area (Å²) in [6, 6.07) is 5.08. The topological polar surface area (TPSA) is 67.9 Å². The lowest BCUT2D eigenvalue weighted by molar-refractivity contribution is -0.145. The molecule has 2 rings (SSSR count). The summed E-state index contributed by atoms with van der Waals surface area (Å²) in [6.07, 6.45) is 1.18. The molecule has 1 N–H and O–H groups in total. The first-order chi connectivity index (χ1) is 11.1. The summed E-state index contributed by atoms with van der Waals surface area (Å²) < 4.78 is 23.6. The Labute approximate surface area is 133 Å². The zero-order valence-corrected chi connectivity index (χ0v) is 12.7. The maximum atomic E-state index is 13.0. The molecule has 0 radical (unpaired) electrons. The van der Waals surface area contributed by atoms with Gasteiger partial charge in [-0.2, -0.15) is 0 Å². The van der Waals surface area contributed by atoms with Crippen LogP contribution in [0.4, 0.5) is 4.39 Å². The molecule has 1 aliphatic rings. The van der Waals surface area contributed by atoms with Crippen LogP contribution in [-0.4, -0.2) is 55.7 Å². The summed E-state index contributed by atoms with van der Waals surface area (Å²) in [5.41, 5.74) is 0. The van der Waals surface area contributed by atoms with Gasteiger partial charge in [-0.3, -0.25) is 9.59 Å². The average molecular weight is 322 g/mol. The summed E-state index contributed by atoms with van der Waals surface area (Å²) in [6.45, 7) is 4.76. The predicted octanol–water partition coefficient (Wildman–Crippen LogP) is 0.734. The molecule has 0 aromatic heterocycles. The molecule has 124 valence electrons. The third-order valence-corrected chi connectivity index (χ3v) is 3.35. The number of carbonyl (C=O) groups is 2. The molecular formula is C16H19FN2O4. The Morgan fingerprint density at radius 1 is 1.52 bits per heavy atom. The number of amides is 2. The fourth-order valence-corrected chi connectivity index (χ4v) is 2.22. The second-order valence-corrected chi connectivity index (χ2v) is 4.92. The maximum Gasteiger partial charge on any atom is 0.246 e. The van der Waals surface area contributed by atoms with Gasteiger partial charge >= 0.3 is 0 Å². The van der Waals surface area contributed by atoms with Gasteiger partial charge in [0.1, 0.15) is 24.2 Å². The summed E-state index contributed by atoms with van der Waals surface area (Å²) in [5.74, 6) is -0.611. The van der Waals surface area contributed by atoms with Gasteiger partial charge in [-0.05, 0) is 18.2 Å². The van der Waals surface area contributed by atoms with Crippen LogP contribution < -0.4 is 10.1 Å². The molecule has 0 spiro atoms. The molecule has 1 saturated heterocycles. The van der Waals surface area contributed by atoms with Crippen LogP contribution in [0.2, 0.25) is 0 Å². The lowest BCUT2D eigenvalue weighted by Crippen LogP contribution is -2.55. The van der Waals surface area contributed by atoms with Gasteiger partial charge < -0.3 is 19.7 Å². The third kappa shape index (κ3) is 4.79. The monoisotopic (exact) mass is 322 g/mol. The van der Waals surface area contributed by atoms with Gasteiger partial charge in [0, 0.05) is 12.6 Å². The fraction of sp³-hybridized carbons (Fsp3) is 0.375. The first-order valence-corrected chi connectivity index (χ1v) is 7.28. The molecule has 1 aromatic carbocycles. The standard InChI is InChI=1S/C16H19FN2O4/c1-2-15(20)19-7-9-22-11-14(19)16(21)18-6-8-23-13-5-3-4-12(17)10-13/h2-5,10,14H,1,6-9,11H2,(H,18,21). The SMILES string of the molecule is C=CC(=O)N1CCOCC1C(=O)NCCOc1cccc(F)c1. The van der Waals surface area contributed by atoms with Crippen molar-refractivity contribution in [2.45, 2.75) is 6.04 Å². The Hall–Kier alpha value is -2.41. The second-order valence-electron chi connectivity index (χ2n) is 4.92. The van der Waals surface area contributed by atoms with Crippen molar-refractivity contribution >= 4 is 11.8 Å². The van der Waals surface area contributed by atoms with Crippen LogP contribution in [0, 0.1) is 5.82 Å². The molecule has 1 fully saturated rings. The fourth-order valence-electron chi connectivity index (χ4n) is 2.22. The van der Waals surface area contributed by atoms with Gasteiger partial charge in [0.05, 0.1) is 19.8 Å². The minimum Gasteiger partial charge on any atom is -0.492 e. The van der Waals surface area contributed by atoms with Crippen molar-refractivity contribution in [3.05, 3.63) is 42.7 Å². The zero-order valence-electron chi connectivity index (χ0n) is 12.7. The lowest BCUT2D eigenvalue weighted by Gasteiger charge is -2.33. The third-order valence-electron chi connectivity index (χ3n) is 3.35. The van der Waals surface area contributed by atoms with E-state index in [2.05, 4.69) is 11.9 Å². The summed E-state index contributed by atoms with van der Waals surface area (Å²) in [7, 11) is 0. The van der Waals surface area contributed by atoms with Crippen molar-refractivity contribution in [2.24, 2.45) is 0 Å². The molecular weight excluding hydrogens is 303 g/mol. The van der Waals surface area contributed by atoms with E-state index in [9.17, 15) is 14.0 Å². The Morgan fingerprint density at radius 2 is 2.35 bits per heavy atom. The number of hydrogen-bond acceptors (Lipinski definition) is 4. The van der Waals surface area contributed by atoms with E-state index in [1.54, 1.807) is 12.1 Å². The number of hydrogen-bond donors (Lipinski definition) is 1. The highest BCUT2D eigenvalue weighted by Gasteiger charge is 2.31. The van der Waals surface area contributed by atoms with Crippen LogP contribution in [0.25, 0.3) is 0 Å². The van der Waals surface area contributed by atoms with Crippen LogP contribution in [0.1, 0.15) is 0 Å². The van der Waals surface area contributed by atoms with E-state index in [4.69, 9.17) is 9.47 Å². The quantitative estimate of drug-likeness (QED) is 0.619. The van der Waals surface area contributed by atoms with Crippen molar-refractivity contribution in [3.8, 4) is 5.75 Å². The van der Waals surface area contributed by atoms with E-state index in [-0.39, 0.29) is 37.4 Å². The minimum absolute atomic E-state index is 0.149. The second kappa shape index (κ2) is 8.28. The highest BCUT2D eigenvalue weighted by Crippen LogP contribution is 2.11. The summed E-state index contributed by atoms with van der Waals surface area (Å²) in [5, 5.41) is 2.68. The number of nitrogens with one attached hydrogen (secondary N) is 1. The Balaban J connectivity index is 1.79. The highest BCUT2D eigenvalue weighted by molar-refractivity contribution is 5.92. The number of ether oxygens (including phenoxy) is 2. The molecule has 1 aromatic rings. The smallest absolute Gasteiger partial charge is 0.246 e. The first kappa shape index (κ1) is 17.0. The minimum atomic E-state index is -0.677. The van der Waals surface area contributed by atoms with Gasteiger partial charge in [0.2, 0.25) is 11.8 Å². The molecule has 0 bridgehead atoms. The van der Waals surface area contributed by atoms with Crippen molar-refractivity contribution in [2.75, 3.05) is 32.9 Å². The number of halogens is 1. The van der Waals surface area contributed by atoms with Crippen LogP contribution in [-0.2, 0) is 14.3 Å². The molecule has 2 amide bonds. The predicted molar refractivity (Wildman–Crippen MR) is 81.4 cm³/mol. The maximum absolute atomic E-state index is 13.0. The van der Waals surface area contributed by atoms with E-state index in [0.29, 0.717) is 18.9 Å². The van der Waals surface area contributed by atoms with E-state index in [1.165, 1.54) is 23.1 Å². The molecule has 1 heterocycles. The van der Waals surface area contributed by atoms with Crippen LogP contribution in [0.5, 0.6) is 5.75 Å². The highest BCUT2D eigenvalue weighted by atomic mass is 19.1. The van der Waals surface area contributed by atoms with Crippen molar-refractivity contribution in [3.63, 3.8) is 0 Å². The van der Waals surface area contributed by atoms with Gasteiger partial charge in [-0.15, -0.1) is 0 Å². The average Bonchev–Trinajstić information content (AvgIpc) is 2.58. The molecule has 1 atom stereocenters. The van der Waals surface area contributed by atoms with E-state index in [0.717, 1.165) is 0 Å². The van der Waals surface area contributed by atoms with Crippen molar-refractivity contribution in [1.29, 1.82) is 0 Å². The van der Waals surface area contributed by atoms with Crippen LogP contribution >= 0.6 is 0 Å². The van der Waals surface area contributed by atoms with Gasteiger partial charge in [0.25, 0.3) is 0 Å². The van der Waals surface area contributed by atoms with Gasteiger partial charge in [-0.1, -0.05) is 12.6 Å². The normalized spacial score (nSPS) is 17.4. The number of carbonyl (C=O) groups excluding carboxylic acids is 2. The van der Waals surface area contributed by atoms with Crippen LogP contribution in [0.15, 0.2) is 36.9 Å². The Kier molecular flexibility index (Phi) is 6.10. The molecule has 23 heavy (non-hydrogen) atoms. The number of nitrogens with zero attached hydrogens (tertiary/aromatic N) is 1. The van der Waals surface area contributed by atoms with Crippen LogP contribution in [0.3, 0.4) is 0 Å². The first-order valence-electron chi connectivity index (χ1n) is 7.28. The van der Waals surface area contributed by atoms with Crippen molar-refractivity contribution in [1.82, 2.24) is 10.2 Å². The largest absolute Gasteiger partial charge is 0.492 e. The number of benzene rings is 1. The van der Waals surface area contributed by atoms with E-state index < -0.39 is 6.04 Å². The lowest BCUT2D eigenvalue weighted by atomic mass is 10.2. The summed E-state index contributed by atoms with van der Waals surface area (Å²) in [4.78, 5) is 25.3. The molecule has 6 nitrogen and oxygen atoms in total. The van der Waals surface area contributed by atoms with Gasteiger partial charge in [-0.25, -0.2) is 4.39 Å². The van der Waals surface area contributed by atoms with E-state index >= 15 is 0 Å². The summed E-state index contributed by atoms with van der Waals surface area (Å²) >= 11 is 0. The van der Waals surface area contributed by atoms with Crippen molar-refractivity contribution < 1.29 is 23.5 Å². The Bertz CT molecular complexity index is 579. The number of morpholine rings is 1. The van der Waals surface area contributed by atoms with Gasteiger partial charge in [0.15, 0.2) is 0 Å². The van der Waals surface area contributed by atoms with E-state index in [1.807, 2.05) is 0 Å².